The van der Waals surface area contributed by atoms with E-state index in [4.69, 9.17) is 0 Å². The first kappa shape index (κ1) is 17.1. The van der Waals surface area contributed by atoms with Crippen LogP contribution in [0.3, 0.4) is 0 Å². The van der Waals surface area contributed by atoms with Gasteiger partial charge in [0.1, 0.15) is 5.82 Å². The lowest BCUT2D eigenvalue weighted by Gasteiger charge is -2.22. The van der Waals surface area contributed by atoms with E-state index in [1.807, 2.05) is 23.1 Å². The van der Waals surface area contributed by atoms with Crippen molar-refractivity contribution in [3.05, 3.63) is 58.0 Å². The summed E-state index contributed by atoms with van der Waals surface area (Å²) in [6.07, 6.45) is 2.43. The molecule has 1 aliphatic heterocycles. The van der Waals surface area contributed by atoms with Gasteiger partial charge in [-0.3, -0.25) is 9.69 Å². The summed E-state index contributed by atoms with van der Waals surface area (Å²) in [5.41, 5.74) is 1.12. The van der Waals surface area contributed by atoms with Gasteiger partial charge in [0.15, 0.2) is 0 Å². The lowest BCUT2D eigenvalue weighted by molar-refractivity contribution is -0.131. The molecule has 1 aliphatic rings. The topological polar surface area (TPSA) is 23.6 Å². The minimum atomic E-state index is -0.197. The summed E-state index contributed by atoms with van der Waals surface area (Å²) in [5.74, 6) is 0.0594. The van der Waals surface area contributed by atoms with Crippen LogP contribution in [0.15, 0.2) is 41.8 Å². The fourth-order valence-electron chi connectivity index (χ4n) is 3.07. The molecule has 0 radical (unpaired) electrons. The van der Waals surface area contributed by atoms with Gasteiger partial charge in [0.05, 0.1) is 0 Å². The molecule has 0 N–H and O–H groups in total. The summed E-state index contributed by atoms with van der Waals surface area (Å²) in [6.45, 7) is 4.29. The third kappa shape index (κ3) is 4.89. The molecule has 0 saturated carbocycles. The third-order valence-electron chi connectivity index (χ3n) is 4.43. The van der Waals surface area contributed by atoms with Gasteiger partial charge in [-0.15, -0.1) is 11.3 Å². The van der Waals surface area contributed by atoms with E-state index in [0.29, 0.717) is 6.42 Å². The highest BCUT2D eigenvalue weighted by atomic mass is 32.1. The van der Waals surface area contributed by atoms with Gasteiger partial charge in [0.2, 0.25) is 5.91 Å². The smallest absolute Gasteiger partial charge is 0.222 e. The molecule has 1 saturated heterocycles. The minimum absolute atomic E-state index is 0.197. The van der Waals surface area contributed by atoms with Gasteiger partial charge in [-0.25, -0.2) is 4.39 Å². The number of hydrogen-bond donors (Lipinski definition) is 0. The number of thiophene rings is 1. The molecule has 0 unspecified atom stereocenters. The van der Waals surface area contributed by atoms with E-state index in [9.17, 15) is 9.18 Å². The molecule has 5 heteroatoms. The highest BCUT2D eigenvalue weighted by molar-refractivity contribution is 7.09. The Bertz CT molecular complexity index is 642. The number of amides is 1. The number of halogens is 1. The number of rotatable bonds is 5. The highest BCUT2D eigenvalue weighted by Gasteiger charge is 2.19. The molecule has 1 fully saturated rings. The lowest BCUT2D eigenvalue weighted by atomic mass is 10.2. The maximum atomic E-state index is 13.0. The van der Waals surface area contributed by atoms with Gasteiger partial charge >= 0.3 is 0 Å². The predicted molar refractivity (Wildman–Crippen MR) is 95.5 cm³/mol. The Hall–Kier alpha value is -1.72. The molecule has 3 rings (SSSR count). The first-order valence-corrected chi connectivity index (χ1v) is 9.35. The largest absolute Gasteiger partial charge is 0.341 e. The summed E-state index contributed by atoms with van der Waals surface area (Å²) in [4.78, 5) is 18.0. The maximum Gasteiger partial charge on any atom is 0.222 e. The quantitative estimate of drug-likeness (QED) is 0.826. The number of carbonyl (C=O) groups excluding carboxylic acids is 1. The molecule has 1 aromatic heterocycles. The SMILES string of the molecule is O=C(CCc1cccs1)N1CCCN(Cc2ccc(F)cc2)CC1. The Morgan fingerprint density at radius 2 is 1.92 bits per heavy atom. The van der Waals surface area contributed by atoms with Crippen molar-refractivity contribution in [3.8, 4) is 0 Å². The Labute approximate surface area is 146 Å². The van der Waals surface area contributed by atoms with Gasteiger partial charge in [-0.05, 0) is 42.0 Å². The fraction of sp³-hybridized carbons (Fsp3) is 0.421. The van der Waals surface area contributed by atoms with Crippen LogP contribution >= 0.6 is 11.3 Å². The second-order valence-electron chi connectivity index (χ2n) is 6.22. The second-order valence-corrected chi connectivity index (χ2v) is 7.25. The average molecular weight is 346 g/mol. The molecule has 2 aromatic rings. The number of aryl methyl sites for hydroxylation is 1. The lowest BCUT2D eigenvalue weighted by Crippen LogP contribution is -2.35. The van der Waals surface area contributed by atoms with Crippen molar-refractivity contribution in [2.45, 2.75) is 25.8 Å². The van der Waals surface area contributed by atoms with E-state index >= 15 is 0 Å². The molecule has 128 valence electrons. The van der Waals surface area contributed by atoms with Gasteiger partial charge in [-0.2, -0.15) is 0 Å². The van der Waals surface area contributed by atoms with Crippen LogP contribution in [-0.2, 0) is 17.8 Å². The van der Waals surface area contributed by atoms with E-state index < -0.39 is 0 Å². The van der Waals surface area contributed by atoms with Crippen LogP contribution in [0.2, 0.25) is 0 Å². The third-order valence-corrected chi connectivity index (χ3v) is 5.36. The molecule has 1 amide bonds. The maximum absolute atomic E-state index is 13.0. The zero-order valence-electron chi connectivity index (χ0n) is 13.8. The number of carbonyl (C=O) groups is 1. The minimum Gasteiger partial charge on any atom is -0.341 e. The van der Waals surface area contributed by atoms with E-state index in [2.05, 4.69) is 16.3 Å². The molecular weight excluding hydrogens is 323 g/mol. The zero-order chi connectivity index (χ0) is 16.8. The monoisotopic (exact) mass is 346 g/mol. The van der Waals surface area contributed by atoms with Crippen LogP contribution in [0.4, 0.5) is 4.39 Å². The molecule has 3 nitrogen and oxygen atoms in total. The van der Waals surface area contributed by atoms with Crippen LogP contribution in [0.5, 0.6) is 0 Å². The Morgan fingerprint density at radius 3 is 2.67 bits per heavy atom. The number of nitrogens with zero attached hydrogens (tertiary/aromatic N) is 2. The van der Waals surface area contributed by atoms with Crippen LogP contribution in [0.1, 0.15) is 23.3 Å². The normalized spacial score (nSPS) is 16.1. The second kappa shape index (κ2) is 8.40. The summed E-state index contributed by atoms with van der Waals surface area (Å²) in [6, 6.07) is 10.8. The zero-order valence-corrected chi connectivity index (χ0v) is 14.6. The van der Waals surface area contributed by atoms with Crippen LogP contribution in [0, 0.1) is 5.82 Å². The molecular formula is C19H23FN2OS. The summed E-state index contributed by atoms with van der Waals surface area (Å²) >= 11 is 1.71. The van der Waals surface area contributed by atoms with Crippen molar-refractivity contribution in [2.24, 2.45) is 0 Å². The van der Waals surface area contributed by atoms with E-state index in [0.717, 1.165) is 51.1 Å². The Kier molecular flexibility index (Phi) is 5.99. The van der Waals surface area contributed by atoms with Gasteiger partial charge in [-0.1, -0.05) is 18.2 Å². The fourth-order valence-corrected chi connectivity index (χ4v) is 3.78. The van der Waals surface area contributed by atoms with E-state index in [-0.39, 0.29) is 11.7 Å². The first-order chi connectivity index (χ1) is 11.7. The summed E-state index contributed by atoms with van der Waals surface area (Å²) in [5, 5.41) is 2.05. The van der Waals surface area contributed by atoms with Crippen molar-refractivity contribution >= 4 is 17.2 Å². The van der Waals surface area contributed by atoms with Crippen molar-refractivity contribution < 1.29 is 9.18 Å². The Morgan fingerprint density at radius 1 is 1.08 bits per heavy atom. The van der Waals surface area contributed by atoms with Gasteiger partial charge in [0, 0.05) is 44.0 Å². The molecule has 0 bridgehead atoms. The molecule has 24 heavy (non-hydrogen) atoms. The highest BCUT2D eigenvalue weighted by Crippen LogP contribution is 2.14. The summed E-state index contributed by atoms with van der Waals surface area (Å²) in [7, 11) is 0. The average Bonchev–Trinajstić information content (AvgIpc) is 3.00. The number of benzene rings is 1. The van der Waals surface area contributed by atoms with Crippen LogP contribution < -0.4 is 0 Å². The van der Waals surface area contributed by atoms with E-state index in [1.54, 1.807) is 11.3 Å². The molecule has 0 atom stereocenters. The molecule has 2 heterocycles. The van der Waals surface area contributed by atoms with Crippen molar-refractivity contribution in [1.29, 1.82) is 0 Å². The van der Waals surface area contributed by atoms with Gasteiger partial charge < -0.3 is 4.90 Å². The van der Waals surface area contributed by atoms with Crippen molar-refractivity contribution in [3.63, 3.8) is 0 Å². The van der Waals surface area contributed by atoms with Gasteiger partial charge in [0.25, 0.3) is 0 Å². The van der Waals surface area contributed by atoms with Crippen molar-refractivity contribution in [2.75, 3.05) is 26.2 Å². The number of hydrogen-bond acceptors (Lipinski definition) is 3. The molecule has 0 aliphatic carbocycles. The van der Waals surface area contributed by atoms with Crippen LogP contribution in [-0.4, -0.2) is 41.9 Å². The Balaban J connectivity index is 1.47. The molecule has 1 aromatic carbocycles. The first-order valence-electron chi connectivity index (χ1n) is 8.48. The van der Waals surface area contributed by atoms with E-state index in [1.165, 1.54) is 17.0 Å². The molecule has 0 spiro atoms. The predicted octanol–water partition coefficient (Wildman–Crippen LogP) is 3.55. The standard InChI is InChI=1S/C19H23FN2OS/c20-17-6-4-16(5-7-17)15-21-10-2-11-22(13-12-21)19(23)9-8-18-3-1-14-24-18/h1,3-7,14H,2,8-13,15H2. The summed E-state index contributed by atoms with van der Waals surface area (Å²) < 4.78 is 13.0. The van der Waals surface area contributed by atoms with Crippen LogP contribution in [0.25, 0.3) is 0 Å². The van der Waals surface area contributed by atoms with Crippen molar-refractivity contribution in [1.82, 2.24) is 9.80 Å².